The molecule has 124 valence electrons. The van der Waals surface area contributed by atoms with Crippen LogP contribution in [0.2, 0.25) is 0 Å². The van der Waals surface area contributed by atoms with Crippen LogP contribution in [0, 0.1) is 11.7 Å². The van der Waals surface area contributed by atoms with Crippen LogP contribution in [0.15, 0.2) is 18.2 Å². The summed E-state index contributed by atoms with van der Waals surface area (Å²) in [5.41, 5.74) is 0.903. The van der Waals surface area contributed by atoms with Crippen LogP contribution in [0.5, 0.6) is 0 Å². The van der Waals surface area contributed by atoms with Crippen molar-refractivity contribution in [2.45, 2.75) is 19.3 Å². The zero-order valence-electron chi connectivity index (χ0n) is 12.9. The molecule has 0 radical (unpaired) electrons. The molecule has 1 aromatic carbocycles. The Morgan fingerprint density at radius 3 is 2.74 bits per heavy atom. The summed E-state index contributed by atoms with van der Waals surface area (Å²) in [7, 11) is 0. The molecule has 23 heavy (non-hydrogen) atoms. The smallest absolute Gasteiger partial charge is 0.328 e. The molecule has 0 saturated carbocycles. The Balaban J connectivity index is 1.63. The van der Waals surface area contributed by atoms with Gasteiger partial charge in [-0.15, -0.1) is 0 Å². The number of hydrogen-bond donors (Lipinski definition) is 3. The summed E-state index contributed by atoms with van der Waals surface area (Å²) in [4.78, 5) is 24.2. The molecule has 3 amide bonds. The fourth-order valence-electron chi connectivity index (χ4n) is 2.98. The summed E-state index contributed by atoms with van der Waals surface area (Å²) in [6.07, 6.45) is 2.42. The minimum atomic E-state index is -0.574. The van der Waals surface area contributed by atoms with Crippen molar-refractivity contribution in [2.24, 2.45) is 5.92 Å². The molecule has 6 nitrogen and oxygen atoms in total. The minimum Gasteiger partial charge on any atom is -0.385 e. The predicted octanol–water partition coefficient (Wildman–Crippen LogP) is 1.68. The van der Waals surface area contributed by atoms with Crippen molar-refractivity contribution in [3.05, 3.63) is 24.0 Å². The third kappa shape index (κ3) is 3.79. The molecule has 2 aliphatic heterocycles. The van der Waals surface area contributed by atoms with Crippen molar-refractivity contribution in [2.75, 3.05) is 36.4 Å². The lowest BCUT2D eigenvalue weighted by atomic mass is 9.98. The summed E-state index contributed by atoms with van der Waals surface area (Å²) in [5.74, 6) is -0.199. The Hall–Kier alpha value is -2.15. The zero-order valence-corrected chi connectivity index (χ0v) is 12.9. The van der Waals surface area contributed by atoms with E-state index in [0.29, 0.717) is 11.6 Å². The maximum atomic E-state index is 14.3. The molecule has 0 aromatic heterocycles. The number of carbonyl (C=O) groups excluding carboxylic acids is 2. The summed E-state index contributed by atoms with van der Waals surface area (Å²) < 4.78 is 14.3. The van der Waals surface area contributed by atoms with Gasteiger partial charge in [-0.05, 0) is 50.0 Å². The molecule has 0 aliphatic carbocycles. The monoisotopic (exact) mass is 320 g/mol. The molecule has 2 heterocycles. The van der Waals surface area contributed by atoms with Gasteiger partial charge in [0.05, 0.1) is 5.69 Å². The van der Waals surface area contributed by atoms with E-state index in [9.17, 15) is 14.0 Å². The van der Waals surface area contributed by atoms with Crippen molar-refractivity contribution in [3.63, 3.8) is 0 Å². The lowest BCUT2D eigenvalue weighted by Gasteiger charge is -2.27. The highest BCUT2D eigenvalue weighted by molar-refractivity contribution is 6.05. The maximum Gasteiger partial charge on any atom is 0.328 e. The van der Waals surface area contributed by atoms with E-state index in [4.69, 9.17) is 0 Å². The molecule has 3 rings (SSSR count). The highest BCUT2D eigenvalue weighted by Gasteiger charge is 2.26. The molecule has 0 atom stereocenters. The van der Waals surface area contributed by atoms with Crippen LogP contribution < -0.4 is 20.9 Å². The first-order valence-electron chi connectivity index (χ1n) is 7.99. The molecule has 3 N–H and O–H groups in total. The second-order valence-corrected chi connectivity index (χ2v) is 6.00. The quantitative estimate of drug-likeness (QED) is 0.789. The second kappa shape index (κ2) is 6.95. The average molecular weight is 320 g/mol. The lowest BCUT2D eigenvalue weighted by Crippen LogP contribution is -2.49. The molecule has 0 unspecified atom stereocenters. The summed E-state index contributed by atoms with van der Waals surface area (Å²) in [6, 6.07) is 4.18. The number of amides is 3. The van der Waals surface area contributed by atoms with E-state index < -0.39 is 11.8 Å². The average Bonchev–Trinajstić information content (AvgIpc) is 2.55. The van der Waals surface area contributed by atoms with Gasteiger partial charge in [0.15, 0.2) is 0 Å². The molecular weight excluding hydrogens is 299 g/mol. The van der Waals surface area contributed by atoms with Crippen molar-refractivity contribution >= 4 is 23.3 Å². The topological polar surface area (TPSA) is 73.5 Å². The Bertz CT molecular complexity index is 602. The first kappa shape index (κ1) is 15.7. The first-order chi connectivity index (χ1) is 11.1. The SMILES string of the molecule is O=C1CCN(c2ccc(NCC3CCNCC3)cc2F)C(=O)N1. The molecular formula is C16H21FN4O2. The van der Waals surface area contributed by atoms with Crippen molar-refractivity contribution in [3.8, 4) is 0 Å². The normalized spacial score (nSPS) is 19.6. The summed E-state index contributed by atoms with van der Waals surface area (Å²) in [6.45, 7) is 3.08. The van der Waals surface area contributed by atoms with Gasteiger partial charge in [0.1, 0.15) is 5.82 Å². The van der Waals surface area contributed by atoms with Crippen LogP contribution in [0.4, 0.5) is 20.6 Å². The van der Waals surface area contributed by atoms with E-state index in [1.807, 2.05) is 0 Å². The molecule has 0 spiro atoms. The van der Waals surface area contributed by atoms with Gasteiger partial charge in [-0.2, -0.15) is 0 Å². The minimum absolute atomic E-state index is 0.181. The van der Waals surface area contributed by atoms with Crippen LogP contribution in [-0.2, 0) is 4.79 Å². The van der Waals surface area contributed by atoms with Gasteiger partial charge in [-0.25, -0.2) is 9.18 Å². The number of benzene rings is 1. The molecule has 2 saturated heterocycles. The standard InChI is InChI=1S/C16H21FN4O2/c17-13-9-12(19-10-11-3-6-18-7-4-11)1-2-14(13)21-8-5-15(22)20-16(21)23/h1-2,9,11,18-19H,3-8,10H2,(H,20,22,23). The number of rotatable bonds is 4. The lowest BCUT2D eigenvalue weighted by molar-refractivity contribution is -0.120. The third-order valence-electron chi connectivity index (χ3n) is 4.35. The van der Waals surface area contributed by atoms with Gasteiger partial charge in [-0.3, -0.25) is 15.0 Å². The van der Waals surface area contributed by atoms with Crippen LogP contribution in [-0.4, -0.2) is 38.1 Å². The van der Waals surface area contributed by atoms with E-state index in [2.05, 4.69) is 16.0 Å². The number of carbonyl (C=O) groups is 2. The van der Waals surface area contributed by atoms with Crippen molar-refractivity contribution < 1.29 is 14.0 Å². The molecule has 7 heteroatoms. The highest BCUT2D eigenvalue weighted by Crippen LogP contribution is 2.25. The van der Waals surface area contributed by atoms with Crippen LogP contribution in [0.25, 0.3) is 0 Å². The Labute approximate surface area is 134 Å². The number of halogens is 1. The maximum absolute atomic E-state index is 14.3. The van der Waals surface area contributed by atoms with Crippen LogP contribution in [0.3, 0.4) is 0 Å². The van der Waals surface area contributed by atoms with E-state index in [1.165, 1.54) is 11.0 Å². The molecule has 2 aliphatic rings. The van der Waals surface area contributed by atoms with Crippen molar-refractivity contribution in [1.29, 1.82) is 0 Å². The van der Waals surface area contributed by atoms with Crippen LogP contribution >= 0.6 is 0 Å². The van der Waals surface area contributed by atoms with E-state index in [-0.39, 0.29) is 24.6 Å². The number of nitrogens with zero attached hydrogens (tertiary/aromatic N) is 1. The van der Waals surface area contributed by atoms with E-state index >= 15 is 0 Å². The molecule has 2 fully saturated rings. The zero-order chi connectivity index (χ0) is 16.2. The fourth-order valence-corrected chi connectivity index (χ4v) is 2.98. The predicted molar refractivity (Wildman–Crippen MR) is 86.0 cm³/mol. The van der Waals surface area contributed by atoms with Gasteiger partial charge in [0.25, 0.3) is 0 Å². The van der Waals surface area contributed by atoms with Gasteiger partial charge in [-0.1, -0.05) is 0 Å². The Morgan fingerprint density at radius 2 is 2.04 bits per heavy atom. The van der Waals surface area contributed by atoms with Crippen molar-refractivity contribution in [1.82, 2.24) is 10.6 Å². The Kier molecular flexibility index (Phi) is 4.76. The summed E-state index contributed by atoms with van der Waals surface area (Å²) in [5, 5.41) is 8.78. The highest BCUT2D eigenvalue weighted by atomic mass is 19.1. The van der Waals surface area contributed by atoms with Gasteiger partial charge in [0.2, 0.25) is 5.91 Å². The number of piperidine rings is 1. The fraction of sp³-hybridized carbons (Fsp3) is 0.500. The second-order valence-electron chi connectivity index (χ2n) is 6.00. The summed E-state index contributed by atoms with van der Waals surface area (Å²) >= 11 is 0. The number of anilines is 2. The van der Waals surface area contributed by atoms with Crippen LogP contribution in [0.1, 0.15) is 19.3 Å². The number of nitrogens with one attached hydrogen (secondary N) is 3. The number of imide groups is 1. The largest absolute Gasteiger partial charge is 0.385 e. The van der Waals surface area contributed by atoms with Gasteiger partial charge in [0, 0.05) is 25.2 Å². The number of hydrogen-bond acceptors (Lipinski definition) is 4. The van der Waals surface area contributed by atoms with E-state index in [1.54, 1.807) is 12.1 Å². The van der Waals surface area contributed by atoms with E-state index in [0.717, 1.165) is 32.5 Å². The molecule has 1 aromatic rings. The molecule has 0 bridgehead atoms. The van der Waals surface area contributed by atoms with Gasteiger partial charge >= 0.3 is 6.03 Å². The van der Waals surface area contributed by atoms with Gasteiger partial charge < -0.3 is 10.6 Å². The third-order valence-corrected chi connectivity index (χ3v) is 4.35. The Morgan fingerprint density at radius 1 is 1.26 bits per heavy atom. The number of urea groups is 1. The first-order valence-corrected chi connectivity index (χ1v) is 7.99.